The van der Waals surface area contributed by atoms with Gasteiger partial charge < -0.3 is 9.88 Å². The van der Waals surface area contributed by atoms with Crippen LogP contribution in [-0.2, 0) is 13.6 Å². The van der Waals surface area contributed by atoms with Gasteiger partial charge in [0.25, 0.3) is 0 Å². The molecule has 0 atom stereocenters. The van der Waals surface area contributed by atoms with E-state index in [-0.39, 0.29) is 0 Å². The van der Waals surface area contributed by atoms with E-state index in [0.717, 1.165) is 31.9 Å². The third-order valence-corrected chi connectivity index (χ3v) is 3.15. The second-order valence-electron chi connectivity index (χ2n) is 4.84. The van der Waals surface area contributed by atoms with E-state index in [1.165, 1.54) is 5.69 Å². The Balaban J connectivity index is 1.64. The highest BCUT2D eigenvalue weighted by Gasteiger charge is 2.03. The molecule has 0 aliphatic carbocycles. The van der Waals surface area contributed by atoms with Crippen molar-refractivity contribution in [2.24, 2.45) is 7.05 Å². The second-order valence-corrected chi connectivity index (χ2v) is 4.84. The van der Waals surface area contributed by atoms with Crippen LogP contribution in [-0.4, -0.2) is 34.6 Å². The molecule has 19 heavy (non-hydrogen) atoms. The second kappa shape index (κ2) is 6.95. The van der Waals surface area contributed by atoms with Crippen LogP contribution >= 0.6 is 0 Å². The summed E-state index contributed by atoms with van der Waals surface area (Å²) in [6.07, 6.45) is 4.95. The van der Waals surface area contributed by atoms with Crippen molar-refractivity contribution in [3.8, 4) is 0 Å². The Morgan fingerprint density at radius 2 is 2.05 bits per heavy atom. The van der Waals surface area contributed by atoms with Gasteiger partial charge in [-0.1, -0.05) is 18.2 Å². The van der Waals surface area contributed by atoms with Gasteiger partial charge in [-0.05, 0) is 32.1 Å². The van der Waals surface area contributed by atoms with Crippen molar-refractivity contribution in [2.75, 3.05) is 25.5 Å². The number of benzene rings is 1. The predicted octanol–water partition coefficient (Wildman–Crippen LogP) is 2.35. The molecular formula is C15H22N4. The zero-order chi connectivity index (χ0) is 13.5. The molecule has 1 N–H and O–H groups in total. The van der Waals surface area contributed by atoms with Gasteiger partial charge in [0.2, 0.25) is 0 Å². The molecule has 0 aliphatic rings. The molecule has 102 valence electrons. The fourth-order valence-electron chi connectivity index (χ4n) is 2.01. The molecule has 0 amide bonds. The molecule has 2 rings (SSSR count). The van der Waals surface area contributed by atoms with E-state index in [1.54, 1.807) is 0 Å². The number of rotatable bonds is 7. The number of hydrogen-bond donors (Lipinski definition) is 1. The summed E-state index contributed by atoms with van der Waals surface area (Å²) in [4.78, 5) is 6.64. The summed E-state index contributed by atoms with van der Waals surface area (Å²) < 4.78 is 2.07. The van der Waals surface area contributed by atoms with E-state index >= 15 is 0 Å². The molecule has 0 radical (unpaired) electrons. The Bertz CT molecular complexity index is 478. The first-order valence-electron chi connectivity index (χ1n) is 6.69. The molecule has 0 bridgehead atoms. The van der Waals surface area contributed by atoms with Crippen LogP contribution in [0.5, 0.6) is 0 Å². The number of aryl methyl sites for hydroxylation is 1. The Morgan fingerprint density at radius 3 is 2.74 bits per heavy atom. The SMILES string of the molecule is CN(CCCNc1ccccc1)Cc1nccn1C. The van der Waals surface area contributed by atoms with Gasteiger partial charge >= 0.3 is 0 Å². The third-order valence-electron chi connectivity index (χ3n) is 3.15. The first kappa shape index (κ1) is 13.6. The molecule has 0 aliphatic heterocycles. The van der Waals surface area contributed by atoms with Crippen LogP contribution in [0.1, 0.15) is 12.2 Å². The van der Waals surface area contributed by atoms with Crippen molar-refractivity contribution in [2.45, 2.75) is 13.0 Å². The summed E-state index contributed by atoms with van der Waals surface area (Å²) in [6.45, 7) is 2.95. The van der Waals surface area contributed by atoms with Crippen molar-refractivity contribution in [3.63, 3.8) is 0 Å². The van der Waals surface area contributed by atoms with Crippen LogP contribution in [0, 0.1) is 0 Å². The Kier molecular flexibility index (Phi) is 4.98. The molecule has 1 heterocycles. The summed E-state index contributed by atoms with van der Waals surface area (Å²) in [5, 5.41) is 3.42. The zero-order valence-electron chi connectivity index (χ0n) is 11.7. The van der Waals surface area contributed by atoms with Gasteiger partial charge in [0.05, 0.1) is 6.54 Å². The van der Waals surface area contributed by atoms with Crippen LogP contribution in [0.3, 0.4) is 0 Å². The Morgan fingerprint density at radius 1 is 1.26 bits per heavy atom. The molecule has 0 fully saturated rings. The minimum absolute atomic E-state index is 0.898. The molecule has 0 saturated heterocycles. The maximum absolute atomic E-state index is 4.34. The molecule has 1 aromatic carbocycles. The lowest BCUT2D eigenvalue weighted by atomic mass is 10.3. The highest BCUT2D eigenvalue weighted by Crippen LogP contribution is 2.05. The molecule has 4 nitrogen and oxygen atoms in total. The van der Waals surface area contributed by atoms with Crippen LogP contribution in [0.15, 0.2) is 42.7 Å². The van der Waals surface area contributed by atoms with E-state index in [4.69, 9.17) is 0 Å². The number of hydrogen-bond acceptors (Lipinski definition) is 3. The maximum atomic E-state index is 4.34. The lowest BCUT2D eigenvalue weighted by molar-refractivity contribution is 0.313. The highest BCUT2D eigenvalue weighted by molar-refractivity contribution is 5.42. The monoisotopic (exact) mass is 258 g/mol. The molecule has 0 saturated carbocycles. The lowest BCUT2D eigenvalue weighted by Crippen LogP contribution is -2.22. The minimum Gasteiger partial charge on any atom is -0.385 e. The molecule has 0 unspecified atom stereocenters. The number of nitrogens with one attached hydrogen (secondary N) is 1. The Labute approximate surface area is 115 Å². The number of anilines is 1. The zero-order valence-corrected chi connectivity index (χ0v) is 11.7. The number of nitrogens with zero attached hydrogens (tertiary/aromatic N) is 3. The van der Waals surface area contributed by atoms with E-state index in [0.29, 0.717) is 0 Å². The predicted molar refractivity (Wildman–Crippen MR) is 79.1 cm³/mol. The largest absolute Gasteiger partial charge is 0.385 e. The van der Waals surface area contributed by atoms with Gasteiger partial charge in [0.15, 0.2) is 0 Å². The Hall–Kier alpha value is -1.81. The van der Waals surface area contributed by atoms with E-state index in [1.807, 2.05) is 25.5 Å². The van der Waals surface area contributed by atoms with Crippen molar-refractivity contribution >= 4 is 5.69 Å². The molecule has 0 spiro atoms. The summed E-state index contributed by atoms with van der Waals surface area (Å²) in [7, 11) is 4.17. The fourth-order valence-corrected chi connectivity index (χ4v) is 2.01. The minimum atomic E-state index is 0.898. The first-order chi connectivity index (χ1) is 9.25. The van der Waals surface area contributed by atoms with Crippen molar-refractivity contribution in [1.29, 1.82) is 0 Å². The lowest BCUT2D eigenvalue weighted by Gasteiger charge is -2.16. The topological polar surface area (TPSA) is 33.1 Å². The third kappa shape index (κ3) is 4.41. The van der Waals surface area contributed by atoms with E-state index in [2.05, 4.69) is 51.1 Å². The number of imidazole rings is 1. The standard InChI is InChI=1S/C15H22N4/c1-18(13-15-17-10-12-19(15)2)11-6-9-16-14-7-4-3-5-8-14/h3-5,7-8,10,12,16H,6,9,11,13H2,1-2H3. The van der Waals surface area contributed by atoms with Gasteiger partial charge in [0.1, 0.15) is 5.82 Å². The summed E-state index contributed by atoms with van der Waals surface area (Å²) >= 11 is 0. The molecular weight excluding hydrogens is 236 g/mol. The molecule has 2 aromatic rings. The molecule has 1 aromatic heterocycles. The smallest absolute Gasteiger partial charge is 0.122 e. The summed E-state index contributed by atoms with van der Waals surface area (Å²) in [6, 6.07) is 10.3. The van der Waals surface area contributed by atoms with Gasteiger partial charge in [-0.2, -0.15) is 0 Å². The fraction of sp³-hybridized carbons (Fsp3) is 0.400. The summed E-state index contributed by atoms with van der Waals surface area (Å²) in [5.41, 5.74) is 1.19. The van der Waals surface area contributed by atoms with E-state index in [9.17, 15) is 0 Å². The van der Waals surface area contributed by atoms with Gasteiger partial charge in [-0.25, -0.2) is 4.98 Å². The van der Waals surface area contributed by atoms with Crippen molar-refractivity contribution in [3.05, 3.63) is 48.5 Å². The normalized spacial score (nSPS) is 10.9. The quantitative estimate of drug-likeness (QED) is 0.774. The van der Waals surface area contributed by atoms with Crippen molar-refractivity contribution < 1.29 is 0 Å². The highest BCUT2D eigenvalue weighted by atomic mass is 15.1. The number of para-hydroxylation sites is 1. The average molecular weight is 258 g/mol. The van der Waals surface area contributed by atoms with Gasteiger partial charge in [0, 0.05) is 31.7 Å². The number of aromatic nitrogens is 2. The van der Waals surface area contributed by atoms with Crippen LogP contribution < -0.4 is 5.32 Å². The van der Waals surface area contributed by atoms with Gasteiger partial charge in [-0.15, -0.1) is 0 Å². The summed E-state index contributed by atoms with van der Waals surface area (Å²) in [5.74, 6) is 1.11. The van der Waals surface area contributed by atoms with Crippen LogP contribution in [0.4, 0.5) is 5.69 Å². The van der Waals surface area contributed by atoms with Gasteiger partial charge in [-0.3, -0.25) is 4.90 Å². The average Bonchev–Trinajstić information content (AvgIpc) is 2.82. The maximum Gasteiger partial charge on any atom is 0.122 e. The molecule has 4 heteroatoms. The van der Waals surface area contributed by atoms with E-state index < -0.39 is 0 Å². The van der Waals surface area contributed by atoms with Crippen LogP contribution in [0.2, 0.25) is 0 Å². The van der Waals surface area contributed by atoms with Crippen LogP contribution in [0.25, 0.3) is 0 Å². The van der Waals surface area contributed by atoms with Crippen molar-refractivity contribution in [1.82, 2.24) is 14.5 Å². The first-order valence-corrected chi connectivity index (χ1v) is 6.69.